The fourth-order valence-electron chi connectivity index (χ4n) is 5.72. The van der Waals surface area contributed by atoms with Gasteiger partial charge in [-0.25, -0.2) is 9.59 Å². The number of unbranched alkanes of at least 4 members (excludes halogenated alkanes) is 2. The van der Waals surface area contributed by atoms with Gasteiger partial charge in [-0.1, -0.05) is 41.5 Å². The molecule has 0 aliphatic carbocycles. The fourth-order valence-corrected chi connectivity index (χ4v) is 10.1. The van der Waals surface area contributed by atoms with Gasteiger partial charge in [0.2, 0.25) is 5.44 Å². The molecule has 49 heavy (non-hydrogen) atoms. The minimum absolute atomic E-state index is 0.402. The zero-order valence-corrected chi connectivity index (χ0v) is 30.5. The number of amides is 2. The number of carbonyl (C=O) groups is 2. The fraction of sp³-hybridized carbons (Fsp3) is 0.421. The first-order valence-electron chi connectivity index (χ1n) is 17.0. The highest BCUT2D eigenvalue weighted by atomic mass is 31.2. The summed E-state index contributed by atoms with van der Waals surface area (Å²) < 4.78 is 10.8. The van der Waals surface area contributed by atoms with Crippen molar-refractivity contribution in [1.82, 2.24) is 31.0 Å². The summed E-state index contributed by atoms with van der Waals surface area (Å²) in [5, 5.41) is 21.0. The van der Waals surface area contributed by atoms with Gasteiger partial charge in [0.05, 0.1) is 18.1 Å². The number of nitrogens with one attached hydrogen (secondary N) is 2. The van der Waals surface area contributed by atoms with Crippen LogP contribution in [0.5, 0.6) is 0 Å². The molecule has 2 N–H and O–H groups in total. The number of benzene rings is 2. The van der Waals surface area contributed by atoms with Crippen molar-refractivity contribution in [1.29, 1.82) is 0 Å². The maximum absolute atomic E-state index is 12.4. The Balaban J connectivity index is 1.70. The van der Waals surface area contributed by atoms with Crippen LogP contribution in [0.15, 0.2) is 85.2 Å². The predicted molar refractivity (Wildman–Crippen MR) is 197 cm³/mol. The molecule has 4 aromatic rings. The molecule has 0 fully saturated rings. The highest BCUT2D eigenvalue weighted by molar-refractivity contribution is 7.95. The van der Waals surface area contributed by atoms with E-state index in [0.717, 1.165) is 55.0 Å². The van der Waals surface area contributed by atoms with E-state index in [-0.39, 0.29) is 0 Å². The molecule has 10 nitrogen and oxygen atoms in total. The standard InChI is InChI=1S/C38H49N6O4P/c1-37(2,3)47-35(45)40-25-12-10-17-29-18-16-22-32(34(29)31-21-11-13-24-39-31)49(30-19-8-7-9-20-30,33-23-27-42-44-43-33)28-15-14-26-41-36(46)48-38(4,5)6/h7-9,11,13,16,18-24,27H,10,12,14-15,17,25-26,28H2,1-6H3,(H-,40,41,45,46)/p+1. The van der Waals surface area contributed by atoms with Crippen molar-refractivity contribution >= 4 is 35.5 Å². The molecule has 1 unspecified atom stereocenters. The second kappa shape index (κ2) is 17.3. The molecule has 0 aliphatic rings. The molecule has 260 valence electrons. The van der Waals surface area contributed by atoms with Crippen molar-refractivity contribution in [3.05, 3.63) is 90.8 Å². The van der Waals surface area contributed by atoms with Crippen molar-refractivity contribution in [2.75, 3.05) is 19.3 Å². The summed E-state index contributed by atoms with van der Waals surface area (Å²) in [6.45, 7) is 12.2. The van der Waals surface area contributed by atoms with Crippen LogP contribution in [0.3, 0.4) is 0 Å². The van der Waals surface area contributed by atoms with Gasteiger partial charge in [0, 0.05) is 30.9 Å². The second-order valence-electron chi connectivity index (χ2n) is 13.9. The molecular weight excluding hydrogens is 635 g/mol. The summed E-state index contributed by atoms with van der Waals surface area (Å²) in [6.07, 6.45) is 7.57. The van der Waals surface area contributed by atoms with Crippen LogP contribution in [0.1, 0.15) is 72.8 Å². The summed E-state index contributed by atoms with van der Waals surface area (Å²) >= 11 is 0. The van der Waals surface area contributed by atoms with Gasteiger partial charge in [0.1, 0.15) is 29.1 Å². The summed E-state index contributed by atoms with van der Waals surface area (Å²) in [5.74, 6) is 0. The third-order valence-electron chi connectivity index (χ3n) is 7.67. The number of alkyl carbamates (subject to hydrolysis) is 2. The molecule has 0 saturated carbocycles. The van der Waals surface area contributed by atoms with Crippen molar-refractivity contribution in [3.8, 4) is 11.3 Å². The molecule has 2 heterocycles. The van der Waals surface area contributed by atoms with Gasteiger partial charge >= 0.3 is 12.2 Å². The molecule has 0 saturated heterocycles. The summed E-state index contributed by atoms with van der Waals surface area (Å²) in [4.78, 5) is 29.4. The number of rotatable bonds is 14. The number of pyridine rings is 1. The number of aryl methyl sites for hydroxylation is 1. The van der Waals surface area contributed by atoms with Crippen LogP contribution < -0.4 is 26.7 Å². The Labute approximate surface area is 291 Å². The van der Waals surface area contributed by atoms with Crippen molar-refractivity contribution < 1.29 is 19.1 Å². The van der Waals surface area contributed by atoms with E-state index in [2.05, 4.69) is 69.5 Å². The van der Waals surface area contributed by atoms with E-state index in [1.54, 1.807) is 6.20 Å². The molecule has 0 aliphatic heterocycles. The molecule has 2 aromatic carbocycles. The Morgan fingerprint density at radius 3 is 1.96 bits per heavy atom. The van der Waals surface area contributed by atoms with Gasteiger partial charge in [-0.15, -0.1) is 5.10 Å². The lowest BCUT2D eigenvalue weighted by Gasteiger charge is -2.29. The molecule has 1 atom stereocenters. The molecule has 2 aromatic heterocycles. The lowest BCUT2D eigenvalue weighted by Crippen LogP contribution is -2.37. The molecule has 0 bridgehead atoms. The van der Waals surface area contributed by atoms with Gasteiger partial charge in [-0.2, -0.15) is 0 Å². The number of carbonyl (C=O) groups excluding carboxylic acids is 2. The van der Waals surface area contributed by atoms with Crippen LogP contribution in [0.25, 0.3) is 11.3 Å². The summed E-state index contributed by atoms with van der Waals surface area (Å²) in [5.41, 5.74) is 2.98. The molecule has 2 amide bonds. The molecule has 0 radical (unpaired) electrons. The first kappa shape index (κ1) is 37.4. The Hall–Kier alpha value is -4.43. The van der Waals surface area contributed by atoms with Crippen LogP contribution in [0.4, 0.5) is 9.59 Å². The third kappa shape index (κ3) is 11.0. The Morgan fingerprint density at radius 2 is 1.37 bits per heavy atom. The van der Waals surface area contributed by atoms with Crippen molar-refractivity contribution in [2.45, 2.75) is 84.8 Å². The van der Waals surface area contributed by atoms with E-state index in [4.69, 9.17) is 19.6 Å². The number of nitrogens with zero attached hydrogens (tertiary/aromatic N) is 4. The average Bonchev–Trinajstić information content (AvgIpc) is 3.06. The second-order valence-corrected chi connectivity index (χ2v) is 17.4. The largest absolute Gasteiger partial charge is 0.444 e. The van der Waals surface area contributed by atoms with Gasteiger partial charge < -0.3 is 20.1 Å². The van der Waals surface area contributed by atoms with E-state index in [1.807, 2.05) is 72.0 Å². The van der Waals surface area contributed by atoms with Crippen LogP contribution in [0, 0.1) is 0 Å². The van der Waals surface area contributed by atoms with E-state index in [0.29, 0.717) is 13.1 Å². The molecule has 4 rings (SSSR count). The van der Waals surface area contributed by atoms with Gasteiger partial charge in [0.25, 0.3) is 0 Å². The highest BCUT2D eigenvalue weighted by Crippen LogP contribution is 2.57. The first-order valence-corrected chi connectivity index (χ1v) is 18.9. The zero-order chi connectivity index (χ0) is 35.3. The third-order valence-corrected chi connectivity index (χ3v) is 12.1. The van der Waals surface area contributed by atoms with Crippen LogP contribution >= 0.6 is 7.26 Å². The normalized spacial score (nSPS) is 12.9. The number of hydrogen-bond acceptors (Lipinski definition) is 8. The molecule has 11 heteroatoms. The summed E-state index contributed by atoms with van der Waals surface area (Å²) in [7, 11) is -2.43. The van der Waals surface area contributed by atoms with E-state index in [1.165, 1.54) is 16.2 Å². The van der Waals surface area contributed by atoms with Gasteiger partial charge in [-0.05, 0) is 115 Å². The van der Waals surface area contributed by atoms with Crippen LogP contribution in [-0.2, 0) is 15.9 Å². The molecular formula is C38H50N6O4P+. The quantitative estimate of drug-likeness (QED) is 0.116. The highest BCUT2D eigenvalue weighted by Gasteiger charge is 2.49. The lowest BCUT2D eigenvalue weighted by atomic mass is 9.99. The SMILES string of the molecule is CC(C)(C)OC(=O)NCCCCc1cccc([P+](CCCCNC(=O)OC(C)(C)C)(c2ccccc2)c2ccnnn2)c1-c1ccccn1. The van der Waals surface area contributed by atoms with Crippen LogP contribution in [-0.4, -0.2) is 63.0 Å². The van der Waals surface area contributed by atoms with E-state index >= 15 is 0 Å². The van der Waals surface area contributed by atoms with Gasteiger partial charge in [-0.3, -0.25) is 4.98 Å². The molecule has 0 spiro atoms. The van der Waals surface area contributed by atoms with Crippen molar-refractivity contribution in [3.63, 3.8) is 0 Å². The van der Waals surface area contributed by atoms with Crippen molar-refractivity contribution in [2.24, 2.45) is 0 Å². The minimum Gasteiger partial charge on any atom is -0.444 e. The number of ether oxygens (including phenoxy) is 2. The predicted octanol–water partition coefficient (Wildman–Crippen LogP) is 6.38. The topological polar surface area (TPSA) is 128 Å². The first-order chi connectivity index (χ1) is 23.4. The average molecular weight is 686 g/mol. The maximum atomic E-state index is 12.4. The number of hydrogen-bond donors (Lipinski definition) is 2. The van der Waals surface area contributed by atoms with Crippen LogP contribution in [0.2, 0.25) is 0 Å². The lowest BCUT2D eigenvalue weighted by molar-refractivity contribution is 0.0515. The smallest absolute Gasteiger partial charge is 0.407 e. The summed E-state index contributed by atoms with van der Waals surface area (Å²) in [6, 6.07) is 25.1. The zero-order valence-electron chi connectivity index (χ0n) is 29.6. The Kier molecular flexibility index (Phi) is 13.2. The maximum Gasteiger partial charge on any atom is 0.407 e. The van der Waals surface area contributed by atoms with Gasteiger partial charge in [0.15, 0.2) is 0 Å². The Morgan fingerprint density at radius 1 is 0.714 bits per heavy atom. The minimum atomic E-state index is -2.43. The Bertz CT molecular complexity index is 1590. The van der Waals surface area contributed by atoms with E-state index < -0.39 is 30.7 Å². The number of aromatic nitrogens is 4. The monoisotopic (exact) mass is 685 g/mol. The van der Waals surface area contributed by atoms with E-state index in [9.17, 15) is 9.59 Å².